The Kier molecular flexibility index (Phi) is 5.60. The van der Waals surface area contributed by atoms with E-state index in [-0.39, 0.29) is 12.3 Å². The van der Waals surface area contributed by atoms with Crippen molar-refractivity contribution in [2.75, 3.05) is 14.2 Å². The van der Waals surface area contributed by atoms with Crippen LogP contribution in [-0.2, 0) is 19.1 Å². The fraction of sp³-hybridized carbons (Fsp3) is 0.600. The van der Waals surface area contributed by atoms with Gasteiger partial charge in [0.15, 0.2) is 0 Å². The SMILES string of the molecule is COC(=O)CC(=CC(C)C)C(=O)OC. The van der Waals surface area contributed by atoms with E-state index in [4.69, 9.17) is 0 Å². The second-order valence-electron chi connectivity index (χ2n) is 3.18. The summed E-state index contributed by atoms with van der Waals surface area (Å²) in [6.07, 6.45) is 1.66. The van der Waals surface area contributed by atoms with Gasteiger partial charge in [0, 0.05) is 5.57 Å². The smallest absolute Gasteiger partial charge is 0.334 e. The molecule has 0 atom stereocenters. The first-order chi connectivity index (χ1) is 6.51. The van der Waals surface area contributed by atoms with Crippen molar-refractivity contribution in [2.24, 2.45) is 5.92 Å². The number of esters is 2. The molecule has 0 aromatic heterocycles. The Morgan fingerprint density at radius 3 is 2.14 bits per heavy atom. The highest BCUT2D eigenvalue weighted by Crippen LogP contribution is 2.09. The molecule has 0 rings (SSSR count). The van der Waals surface area contributed by atoms with Crippen molar-refractivity contribution >= 4 is 11.9 Å². The minimum atomic E-state index is -0.482. The maximum absolute atomic E-state index is 11.2. The second-order valence-corrected chi connectivity index (χ2v) is 3.18. The lowest BCUT2D eigenvalue weighted by Gasteiger charge is -2.05. The average Bonchev–Trinajstić information content (AvgIpc) is 2.14. The fourth-order valence-electron chi connectivity index (χ4n) is 0.960. The van der Waals surface area contributed by atoms with Crippen LogP contribution in [-0.4, -0.2) is 26.2 Å². The largest absolute Gasteiger partial charge is 0.469 e. The molecule has 0 aliphatic rings. The Morgan fingerprint density at radius 2 is 1.79 bits per heavy atom. The number of hydrogen-bond acceptors (Lipinski definition) is 4. The van der Waals surface area contributed by atoms with Gasteiger partial charge in [0.05, 0.1) is 20.6 Å². The highest BCUT2D eigenvalue weighted by molar-refractivity contribution is 5.93. The summed E-state index contributed by atoms with van der Waals surface area (Å²) in [5.41, 5.74) is 0.342. The van der Waals surface area contributed by atoms with Crippen molar-refractivity contribution in [1.29, 1.82) is 0 Å². The van der Waals surface area contributed by atoms with Crippen molar-refractivity contribution in [3.8, 4) is 0 Å². The van der Waals surface area contributed by atoms with Crippen LogP contribution in [0.2, 0.25) is 0 Å². The molecule has 0 bridgehead atoms. The highest BCUT2D eigenvalue weighted by Gasteiger charge is 2.14. The quantitative estimate of drug-likeness (QED) is 0.507. The molecule has 0 radical (unpaired) electrons. The highest BCUT2D eigenvalue weighted by atomic mass is 16.5. The first-order valence-corrected chi connectivity index (χ1v) is 4.37. The van der Waals surface area contributed by atoms with Gasteiger partial charge >= 0.3 is 11.9 Å². The zero-order valence-corrected chi connectivity index (χ0v) is 8.99. The van der Waals surface area contributed by atoms with Gasteiger partial charge in [-0.15, -0.1) is 0 Å². The minimum Gasteiger partial charge on any atom is -0.469 e. The molecule has 0 aliphatic carbocycles. The van der Waals surface area contributed by atoms with Crippen LogP contribution in [0.4, 0.5) is 0 Å². The van der Waals surface area contributed by atoms with Gasteiger partial charge in [0.2, 0.25) is 0 Å². The molecular formula is C10H16O4. The summed E-state index contributed by atoms with van der Waals surface area (Å²) in [5.74, 6) is -0.736. The van der Waals surface area contributed by atoms with E-state index in [0.29, 0.717) is 5.57 Å². The number of allylic oxidation sites excluding steroid dienone is 1. The first-order valence-electron chi connectivity index (χ1n) is 4.37. The molecule has 4 heteroatoms. The maximum atomic E-state index is 11.2. The Labute approximate surface area is 83.9 Å². The standard InChI is InChI=1S/C10H16O4/c1-7(2)5-8(10(12)14-4)6-9(11)13-3/h5,7H,6H2,1-4H3. The van der Waals surface area contributed by atoms with Gasteiger partial charge in [-0.1, -0.05) is 19.9 Å². The van der Waals surface area contributed by atoms with Crippen LogP contribution >= 0.6 is 0 Å². The van der Waals surface area contributed by atoms with E-state index in [1.807, 2.05) is 13.8 Å². The van der Waals surface area contributed by atoms with Gasteiger partial charge in [-0.05, 0) is 5.92 Å². The van der Waals surface area contributed by atoms with Crippen molar-refractivity contribution in [2.45, 2.75) is 20.3 Å². The lowest BCUT2D eigenvalue weighted by Crippen LogP contribution is -2.11. The molecule has 4 nitrogen and oxygen atoms in total. The van der Waals surface area contributed by atoms with E-state index >= 15 is 0 Å². The predicted molar refractivity (Wildman–Crippen MR) is 51.6 cm³/mol. The van der Waals surface area contributed by atoms with Gasteiger partial charge in [-0.25, -0.2) is 4.79 Å². The minimum absolute atomic E-state index is 0.0403. The van der Waals surface area contributed by atoms with Crippen LogP contribution in [0, 0.1) is 5.92 Å². The molecule has 0 saturated heterocycles. The fourth-order valence-corrected chi connectivity index (χ4v) is 0.960. The van der Waals surface area contributed by atoms with Crippen molar-refractivity contribution in [3.05, 3.63) is 11.6 Å². The van der Waals surface area contributed by atoms with Crippen LogP contribution in [0.25, 0.3) is 0 Å². The molecule has 0 fully saturated rings. The van der Waals surface area contributed by atoms with Crippen LogP contribution in [0.1, 0.15) is 20.3 Å². The Balaban J connectivity index is 4.57. The topological polar surface area (TPSA) is 52.6 Å². The lowest BCUT2D eigenvalue weighted by atomic mass is 10.1. The van der Waals surface area contributed by atoms with E-state index in [1.54, 1.807) is 6.08 Å². The summed E-state index contributed by atoms with van der Waals surface area (Å²) in [7, 11) is 2.57. The molecular weight excluding hydrogens is 184 g/mol. The van der Waals surface area contributed by atoms with Crippen molar-refractivity contribution < 1.29 is 19.1 Å². The Bertz CT molecular complexity index is 241. The number of rotatable bonds is 4. The molecule has 80 valence electrons. The number of hydrogen-bond donors (Lipinski definition) is 0. The van der Waals surface area contributed by atoms with E-state index in [9.17, 15) is 9.59 Å². The lowest BCUT2D eigenvalue weighted by molar-refractivity contribution is -0.143. The zero-order valence-electron chi connectivity index (χ0n) is 8.99. The third-order valence-electron chi connectivity index (χ3n) is 1.54. The van der Waals surface area contributed by atoms with Crippen molar-refractivity contribution in [3.63, 3.8) is 0 Å². The van der Waals surface area contributed by atoms with Gasteiger partial charge in [0.1, 0.15) is 0 Å². The predicted octanol–water partition coefficient (Wildman–Crippen LogP) is 1.30. The van der Waals surface area contributed by atoms with E-state index in [2.05, 4.69) is 9.47 Å². The van der Waals surface area contributed by atoms with Gasteiger partial charge in [0.25, 0.3) is 0 Å². The molecule has 0 unspecified atom stereocenters. The molecule has 14 heavy (non-hydrogen) atoms. The summed E-state index contributed by atoms with van der Waals surface area (Å²) in [6.45, 7) is 3.83. The third kappa shape index (κ3) is 4.64. The average molecular weight is 200 g/mol. The molecule has 0 saturated carbocycles. The van der Waals surface area contributed by atoms with E-state index in [0.717, 1.165) is 0 Å². The second kappa shape index (κ2) is 6.18. The van der Waals surface area contributed by atoms with Gasteiger partial charge < -0.3 is 9.47 Å². The van der Waals surface area contributed by atoms with Gasteiger partial charge in [-0.3, -0.25) is 4.79 Å². The molecule has 0 aromatic rings. The molecule has 0 N–H and O–H groups in total. The number of ether oxygens (including phenoxy) is 2. The van der Waals surface area contributed by atoms with Crippen LogP contribution in [0.3, 0.4) is 0 Å². The van der Waals surface area contributed by atoms with E-state index < -0.39 is 11.9 Å². The summed E-state index contributed by atoms with van der Waals surface area (Å²) >= 11 is 0. The summed E-state index contributed by atoms with van der Waals surface area (Å²) < 4.78 is 9.01. The van der Waals surface area contributed by atoms with Gasteiger partial charge in [-0.2, -0.15) is 0 Å². The number of carbonyl (C=O) groups is 2. The number of methoxy groups -OCH3 is 2. The van der Waals surface area contributed by atoms with E-state index in [1.165, 1.54) is 14.2 Å². The molecule has 0 amide bonds. The molecule has 0 aromatic carbocycles. The van der Waals surface area contributed by atoms with Crippen LogP contribution in [0.15, 0.2) is 11.6 Å². The molecule has 0 aliphatic heterocycles. The number of carbonyl (C=O) groups excluding carboxylic acids is 2. The summed E-state index contributed by atoms with van der Waals surface area (Å²) in [6, 6.07) is 0. The summed E-state index contributed by atoms with van der Waals surface area (Å²) in [4.78, 5) is 22.2. The van der Waals surface area contributed by atoms with Crippen LogP contribution in [0.5, 0.6) is 0 Å². The summed E-state index contributed by atoms with van der Waals surface area (Å²) in [5, 5.41) is 0. The van der Waals surface area contributed by atoms with Crippen LogP contribution < -0.4 is 0 Å². The maximum Gasteiger partial charge on any atom is 0.334 e. The zero-order chi connectivity index (χ0) is 11.1. The normalized spacial score (nSPS) is 11.4. The Hall–Kier alpha value is -1.32. The Morgan fingerprint density at radius 1 is 1.21 bits per heavy atom. The third-order valence-corrected chi connectivity index (χ3v) is 1.54. The first kappa shape index (κ1) is 12.7. The monoisotopic (exact) mass is 200 g/mol. The molecule has 0 heterocycles. The molecule has 0 spiro atoms. The van der Waals surface area contributed by atoms with Crippen molar-refractivity contribution in [1.82, 2.24) is 0 Å².